The highest BCUT2D eigenvalue weighted by Gasteiger charge is 2.13. The highest BCUT2D eigenvalue weighted by Crippen LogP contribution is 2.34. The summed E-state index contributed by atoms with van der Waals surface area (Å²) in [6.45, 7) is 8.09. The van der Waals surface area contributed by atoms with E-state index in [0.717, 1.165) is 22.1 Å². The number of rotatable bonds is 5. The van der Waals surface area contributed by atoms with Gasteiger partial charge in [-0.3, -0.25) is 0 Å². The van der Waals surface area contributed by atoms with Gasteiger partial charge in [0, 0.05) is 17.8 Å². The molecule has 0 atom stereocenters. The minimum absolute atomic E-state index is 0.306. The Hall–Kier alpha value is -1.82. The average Bonchev–Trinajstić information content (AvgIpc) is 2.42. The normalized spacial score (nSPS) is 10.9. The van der Waals surface area contributed by atoms with Gasteiger partial charge in [-0.2, -0.15) is 0 Å². The van der Waals surface area contributed by atoms with Gasteiger partial charge in [-0.1, -0.05) is 20.8 Å². The van der Waals surface area contributed by atoms with Gasteiger partial charge < -0.3 is 10.5 Å². The molecule has 2 heterocycles. The van der Waals surface area contributed by atoms with Crippen molar-refractivity contribution in [3.63, 3.8) is 0 Å². The van der Waals surface area contributed by atoms with Gasteiger partial charge >= 0.3 is 0 Å². The SMILES string of the molecule is CCSc1cc(Oc2cnc(C)nc2N)c(C(C)C)cn1. The molecular formula is C15H20N4OS. The molecule has 2 aromatic rings. The Morgan fingerprint density at radius 1 is 1.24 bits per heavy atom. The summed E-state index contributed by atoms with van der Waals surface area (Å²) in [6, 6.07) is 1.95. The van der Waals surface area contributed by atoms with Crippen LogP contribution in [0.1, 0.15) is 38.1 Å². The second-order valence-electron chi connectivity index (χ2n) is 4.92. The molecule has 0 saturated carbocycles. The third kappa shape index (κ3) is 3.85. The monoisotopic (exact) mass is 304 g/mol. The van der Waals surface area contributed by atoms with Gasteiger partial charge in [0.15, 0.2) is 11.6 Å². The Kier molecular flexibility index (Phi) is 5.01. The summed E-state index contributed by atoms with van der Waals surface area (Å²) in [7, 11) is 0. The summed E-state index contributed by atoms with van der Waals surface area (Å²) < 4.78 is 5.94. The second-order valence-corrected chi connectivity index (χ2v) is 6.20. The van der Waals surface area contributed by atoms with E-state index >= 15 is 0 Å². The van der Waals surface area contributed by atoms with Crippen LogP contribution in [0.15, 0.2) is 23.5 Å². The molecule has 2 rings (SSSR count). The number of nitrogens with zero attached hydrogens (tertiary/aromatic N) is 3. The number of hydrogen-bond acceptors (Lipinski definition) is 6. The Balaban J connectivity index is 2.38. The first kappa shape index (κ1) is 15.6. The maximum absolute atomic E-state index is 5.94. The van der Waals surface area contributed by atoms with E-state index in [4.69, 9.17) is 10.5 Å². The molecule has 0 radical (unpaired) electrons. The van der Waals surface area contributed by atoms with Gasteiger partial charge in [-0.15, -0.1) is 11.8 Å². The van der Waals surface area contributed by atoms with Crippen LogP contribution in [0.5, 0.6) is 11.5 Å². The van der Waals surface area contributed by atoms with Gasteiger partial charge in [0.2, 0.25) is 0 Å². The molecule has 0 fully saturated rings. The summed E-state index contributed by atoms with van der Waals surface area (Å²) in [5, 5.41) is 0.934. The smallest absolute Gasteiger partial charge is 0.187 e. The molecule has 2 N–H and O–H groups in total. The van der Waals surface area contributed by atoms with Crippen LogP contribution in [0, 0.1) is 6.92 Å². The van der Waals surface area contributed by atoms with Gasteiger partial charge in [-0.25, -0.2) is 15.0 Å². The molecule has 0 unspecified atom stereocenters. The number of nitrogen functional groups attached to an aromatic ring is 1. The molecule has 112 valence electrons. The molecule has 0 aliphatic carbocycles. The Morgan fingerprint density at radius 3 is 2.62 bits per heavy atom. The highest BCUT2D eigenvalue weighted by atomic mass is 32.2. The van der Waals surface area contributed by atoms with Gasteiger partial charge in [0.05, 0.1) is 11.2 Å². The van der Waals surface area contributed by atoms with E-state index in [1.54, 1.807) is 24.9 Å². The molecule has 5 nitrogen and oxygen atoms in total. The molecule has 0 aliphatic heterocycles. The lowest BCUT2D eigenvalue weighted by molar-refractivity contribution is 0.467. The van der Waals surface area contributed by atoms with E-state index in [1.807, 2.05) is 12.3 Å². The van der Waals surface area contributed by atoms with Crippen LogP contribution in [0.2, 0.25) is 0 Å². The number of anilines is 1. The van der Waals surface area contributed by atoms with Gasteiger partial charge in [0.1, 0.15) is 11.6 Å². The molecule has 0 aliphatic rings. The molecule has 2 aromatic heterocycles. The van der Waals surface area contributed by atoms with E-state index in [2.05, 4.69) is 35.7 Å². The second kappa shape index (κ2) is 6.76. The number of thioether (sulfide) groups is 1. The fourth-order valence-electron chi connectivity index (χ4n) is 1.85. The van der Waals surface area contributed by atoms with Crippen LogP contribution in [0.4, 0.5) is 5.82 Å². The van der Waals surface area contributed by atoms with Crippen molar-refractivity contribution in [1.82, 2.24) is 15.0 Å². The topological polar surface area (TPSA) is 73.9 Å². The summed E-state index contributed by atoms with van der Waals surface area (Å²) in [4.78, 5) is 12.7. The zero-order valence-corrected chi connectivity index (χ0v) is 13.6. The van der Waals surface area contributed by atoms with Crippen molar-refractivity contribution in [2.24, 2.45) is 0 Å². The lowest BCUT2D eigenvalue weighted by Gasteiger charge is -2.15. The minimum Gasteiger partial charge on any atom is -0.451 e. The first-order valence-electron chi connectivity index (χ1n) is 6.91. The molecule has 6 heteroatoms. The van der Waals surface area contributed by atoms with Crippen molar-refractivity contribution >= 4 is 17.6 Å². The molecule has 0 saturated heterocycles. The first-order chi connectivity index (χ1) is 10.0. The fraction of sp³-hybridized carbons (Fsp3) is 0.400. The fourth-order valence-corrected chi connectivity index (χ4v) is 2.47. The van der Waals surface area contributed by atoms with Crippen molar-refractivity contribution in [2.45, 2.75) is 38.6 Å². The van der Waals surface area contributed by atoms with Crippen molar-refractivity contribution in [1.29, 1.82) is 0 Å². The molecule has 0 amide bonds. The summed E-state index contributed by atoms with van der Waals surface area (Å²) in [5.74, 6) is 3.47. The quantitative estimate of drug-likeness (QED) is 0.847. The zero-order chi connectivity index (χ0) is 15.4. The first-order valence-corrected chi connectivity index (χ1v) is 7.89. The van der Waals surface area contributed by atoms with E-state index in [0.29, 0.717) is 23.3 Å². The number of pyridine rings is 1. The largest absolute Gasteiger partial charge is 0.451 e. The Morgan fingerprint density at radius 2 is 2.00 bits per heavy atom. The van der Waals surface area contributed by atoms with Crippen molar-refractivity contribution in [2.75, 3.05) is 11.5 Å². The predicted molar refractivity (Wildman–Crippen MR) is 86.0 cm³/mol. The summed E-state index contributed by atoms with van der Waals surface area (Å²) in [5.41, 5.74) is 6.93. The molecule has 0 aromatic carbocycles. The van der Waals surface area contributed by atoms with E-state index in [-0.39, 0.29) is 0 Å². The van der Waals surface area contributed by atoms with Crippen LogP contribution >= 0.6 is 11.8 Å². The minimum atomic E-state index is 0.306. The van der Waals surface area contributed by atoms with Crippen molar-refractivity contribution in [3.8, 4) is 11.5 Å². The number of ether oxygens (including phenoxy) is 1. The number of aromatic nitrogens is 3. The van der Waals surface area contributed by atoms with E-state index in [1.165, 1.54) is 0 Å². The number of aryl methyl sites for hydroxylation is 1. The summed E-state index contributed by atoms with van der Waals surface area (Å²) in [6.07, 6.45) is 3.47. The van der Waals surface area contributed by atoms with Gasteiger partial charge in [0.25, 0.3) is 0 Å². The number of nitrogens with two attached hydrogens (primary N) is 1. The lowest BCUT2D eigenvalue weighted by atomic mass is 10.1. The zero-order valence-electron chi connectivity index (χ0n) is 12.8. The standard InChI is InChI=1S/C15H20N4OS/c1-5-21-14-6-12(11(7-18-14)9(2)3)20-13-8-17-10(4)19-15(13)16/h6-9H,5H2,1-4H3,(H2,16,17,19). The molecule has 21 heavy (non-hydrogen) atoms. The van der Waals surface area contributed by atoms with Gasteiger partial charge in [-0.05, 0) is 18.6 Å². The lowest BCUT2D eigenvalue weighted by Crippen LogP contribution is -2.01. The van der Waals surface area contributed by atoms with Crippen molar-refractivity contribution in [3.05, 3.63) is 29.8 Å². The maximum Gasteiger partial charge on any atom is 0.187 e. The highest BCUT2D eigenvalue weighted by molar-refractivity contribution is 7.99. The van der Waals surface area contributed by atoms with Crippen LogP contribution in [-0.4, -0.2) is 20.7 Å². The molecule has 0 bridgehead atoms. The van der Waals surface area contributed by atoms with Crippen LogP contribution < -0.4 is 10.5 Å². The van der Waals surface area contributed by atoms with E-state index in [9.17, 15) is 0 Å². The van der Waals surface area contributed by atoms with E-state index < -0.39 is 0 Å². The predicted octanol–water partition coefficient (Wildman–Crippen LogP) is 3.79. The third-order valence-corrected chi connectivity index (χ3v) is 3.72. The summed E-state index contributed by atoms with van der Waals surface area (Å²) >= 11 is 1.67. The maximum atomic E-state index is 5.94. The Bertz CT molecular complexity index is 631. The third-order valence-electron chi connectivity index (χ3n) is 2.91. The molecule has 0 spiro atoms. The average molecular weight is 304 g/mol. The van der Waals surface area contributed by atoms with Crippen LogP contribution in [0.25, 0.3) is 0 Å². The van der Waals surface area contributed by atoms with Crippen LogP contribution in [-0.2, 0) is 0 Å². The Labute approximate surface area is 129 Å². The molecular weight excluding hydrogens is 284 g/mol. The van der Waals surface area contributed by atoms with Crippen molar-refractivity contribution < 1.29 is 4.74 Å². The number of hydrogen-bond donors (Lipinski definition) is 1. The van der Waals surface area contributed by atoms with Crippen LogP contribution in [0.3, 0.4) is 0 Å².